The monoisotopic (exact) mass is 333 g/mol. The first-order valence-corrected chi connectivity index (χ1v) is 7.90. The van der Waals surface area contributed by atoms with E-state index in [1.165, 1.54) is 10.8 Å². The van der Waals surface area contributed by atoms with Crippen LogP contribution < -0.4 is 4.72 Å². The molecular weight excluding hydrogens is 324 g/mol. The van der Waals surface area contributed by atoms with Crippen LogP contribution in [0.5, 0.6) is 0 Å². The molecule has 21 heavy (non-hydrogen) atoms. The van der Waals surface area contributed by atoms with Gasteiger partial charge in [0.2, 0.25) is 0 Å². The maximum atomic E-state index is 13.6. The number of ether oxygens (including phenoxy) is 1. The lowest BCUT2D eigenvalue weighted by atomic mass is 10.3. The summed E-state index contributed by atoms with van der Waals surface area (Å²) in [5.74, 6) is -3.21. The maximum Gasteiger partial charge on any atom is 0.340 e. The van der Waals surface area contributed by atoms with Gasteiger partial charge in [-0.3, -0.25) is 4.72 Å². The molecule has 0 radical (unpaired) electrons. The third kappa shape index (κ3) is 3.03. The highest BCUT2D eigenvalue weighted by molar-refractivity contribution is 7.92. The standard InChI is InChI=1S/C12H9F2NO4S2/c1-19-12(16)7-5-20-6-10(7)15-21(17,18)11-8(13)3-2-4-9(11)14/h2-6,15H,1H3. The first kappa shape index (κ1) is 15.4. The average molecular weight is 333 g/mol. The number of halogens is 2. The van der Waals surface area contributed by atoms with Gasteiger partial charge in [-0.25, -0.2) is 22.0 Å². The highest BCUT2D eigenvalue weighted by Gasteiger charge is 2.26. The van der Waals surface area contributed by atoms with Crippen LogP contribution >= 0.6 is 11.3 Å². The van der Waals surface area contributed by atoms with Crippen LogP contribution in [0, 0.1) is 11.6 Å². The quantitative estimate of drug-likeness (QED) is 0.873. The van der Waals surface area contributed by atoms with E-state index in [2.05, 4.69) is 4.74 Å². The molecule has 0 amide bonds. The van der Waals surface area contributed by atoms with Gasteiger partial charge < -0.3 is 4.74 Å². The van der Waals surface area contributed by atoms with E-state index in [-0.39, 0.29) is 11.3 Å². The lowest BCUT2D eigenvalue weighted by Crippen LogP contribution is -2.17. The van der Waals surface area contributed by atoms with Gasteiger partial charge in [0.05, 0.1) is 18.4 Å². The highest BCUT2D eigenvalue weighted by atomic mass is 32.2. The molecule has 0 spiro atoms. The number of nitrogens with one attached hydrogen (secondary N) is 1. The Morgan fingerprint density at radius 3 is 2.43 bits per heavy atom. The molecule has 0 aliphatic heterocycles. The second kappa shape index (κ2) is 5.78. The van der Waals surface area contributed by atoms with Crippen molar-refractivity contribution in [2.75, 3.05) is 11.8 Å². The van der Waals surface area contributed by atoms with Crippen LogP contribution in [0.1, 0.15) is 10.4 Å². The summed E-state index contributed by atoms with van der Waals surface area (Å²) in [5, 5.41) is 2.68. The van der Waals surface area contributed by atoms with E-state index in [1.807, 2.05) is 4.72 Å². The van der Waals surface area contributed by atoms with E-state index in [4.69, 9.17) is 0 Å². The molecule has 9 heteroatoms. The third-order valence-corrected chi connectivity index (χ3v) is 4.66. The zero-order valence-electron chi connectivity index (χ0n) is 10.6. The van der Waals surface area contributed by atoms with E-state index >= 15 is 0 Å². The zero-order valence-corrected chi connectivity index (χ0v) is 12.2. The Morgan fingerprint density at radius 2 is 1.86 bits per heavy atom. The van der Waals surface area contributed by atoms with Gasteiger partial charge in [-0.1, -0.05) is 6.07 Å². The minimum absolute atomic E-state index is 0.0391. The van der Waals surface area contributed by atoms with Crippen molar-refractivity contribution < 1.29 is 26.7 Å². The Balaban J connectivity index is 2.44. The molecular formula is C12H9F2NO4S2. The molecule has 1 heterocycles. The van der Waals surface area contributed by atoms with Crippen molar-refractivity contribution in [2.45, 2.75) is 4.90 Å². The van der Waals surface area contributed by atoms with Gasteiger partial charge in [-0.2, -0.15) is 0 Å². The normalized spacial score (nSPS) is 11.2. The number of methoxy groups -OCH3 is 1. The number of benzene rings is 1. The second-order valence-electron chi connectivity index (χ2n) is 3.85. The summed E-state index contributed by atoms with van der Waals surface area (Å²) in [4.78, 5) is 10.3. The highest BCUT2D eigenvalue weighted by Crippen LogP contribution is 2.26. The van der Waals surface area contributed by atoms with E-state index in [1.54, 1.807) is 0 Å². The van der Waals surface area contributed by atoms with Crippen molar-refractivity contribution in [3.8, 4) is 0 Å². The molecule has 1 N–H and O–H groups in total. The van der Waals surface area contributed by atoms with E-state index in [0.29, 0.717) is 0 Å². The van der Waals surface area contributed by atoms with Gasteiger partial charge in [0.25, 0.3) is 10.0 Å². The number of anilines is 1. The molecule has 0 bridgehead atoms. The van der Waals surface area contributed by atoms with Crippen molar-refractivity contribution in [1.82, 2.24) is 0 Å². The van der Waals surface area contributed by atoms with Crippen LogP contribution in [0.25, 0.3) is 0 Å². The topological polar surface area (TPSA) is 72.5 Å². The van der Waals surface area contributed by atoms with Crippen molar-refractivity contribution in [2.24, 2.45) is 0 Å². The van der Waals surface area contributed by atoms with E-state index in [9.17, 15) is 22.0 Å². The molecule has 2 aromatic rings. The number of esters is 1. The van der Waals surface area contributed by atoms with Gasteiger partial charge in [-0.05, 0) is 12.1 Å². The summed E-state index contributed by atoms with van der Waals surface area (Å²) in [6.45, 7) is 0. The Morgan fingerprint density at radius 1 is 1.24 bits per heavy atom. The predicted octanol–water partition coefficient (Wildman–Crippen LogP) is 2.61. The molecule has 0 saturated carbocycles. The van der Waals surface area contributed by atoms with Crippen LogP contribution in [-0.2, 0) is 14.8 Å². The molecule has 1 aromatic heterocycles. The van der Waals surface area contributed by atoms with Gasteiger partial charge in [0.15, 0.2) is 4.90 Å². The predicted molar refractivity (Wildman–Crippen MR) is 72.8 cm³/mol. The van der Waals surface area contributed by atoms with Gasteiger partial charge in [0.1, 0.15) is 11.6 Å². The molecule has 0 aliphatic rings. The van der Waals surface area contributed by atoms with Gasteiger partial charge in [0, 0.05) is 10.8 Å². The molecule has 5 nitrogen and oxygen atoms in total. The molecule has 112 valence electrons. The summed E-state index contributed by atoms with van der Waals surface area (Å²) in [6.07, 6.45) is 0. The number of hydrogen-bond acceptors (Lipinski definition) is 5. The maximum absolute atomic E-state index is 13.6. The molecule has 0 atom stereocenters. The van der Waals surface area contributed by atoms with Crippen LogP contribution in [0.15, 0.2) is 33.9 Å². The fourth-order valence-electron chi connectivity index (χ4n) is 1.58. The smallest absolute Gasteiger partial charge is 0.340 e. The lowest BCUT2D eigenvalue weighted by Gasteiger charge is -2.09. The zero-order chi connectivity index (χ0) is 15.6. The van der Waals surface area contributed by atoms with Crippen LogP contribution in [-0.4, -0.2) is 21.5 Å². The minimum Gasteiger partial charge on any atom is -0.465 e. The summed E-state index contributed by atoms with van der Waals surface area (Å²) in [5.41, 5.74) is -0.141. The van der Waals surface area contributed by atoms with Crippen molar-refractivity contribution >= 4 is 33.0 Å². The Bertz CT molecular complexity index is 766. The number of rotatable bonds is 4. The fraction of sp³-hybridized carbons (Fsp3) is 0.0833. The largest absolute Gasteiger partial charge is 0.465 e. The van der Waals surface area contributed by atoms with Crippen molar-refractivity contribution in [1.29, 1.82) is 0 Å². The number of thiophene rings is 1. The third-order valence-electron chi connectivity index (χ3n) is 2.50. The number of carbonyl (C=O) groups is 1. The van der Waals surface area contributed by atoms with E-state index < -0.39 is 32.5 Å². The van der Waals surface area contributed by atoms with Crippen LogP contribution in [0.2, 0.25) is 0 Å². The molecule has 0 unspecified atom stereocenters. The first-order valence-electron chi connectivity index (χ1n) is 5.48. The lowest BCUT2D eigenvalue weighted by molar-refractivity contribution is 0.0602. The fourth-order valence-corrected chi connectivity index (χ4v) is 3.61. The van der Waals surface area contributed by atoms with Crippen molar-refractivity contribution in [3.05, 3.63) is 46.2 Å². The molecule has 0 aliphatic carbocycles. The number of sulfonamides is 1. The Kier molecular flexibility index (Phi) is 4.24. The van der Waals surface area contributed by atoms with Crippen LogP contribution in [0.3, 0.4) is 0 Å². The minimum atomic E-state index is -4.51. The summed E-state index contributed by atoms with van der Waals surface area (Å²) in [7, 11) is -3.38. The van der Waals surface area contributed by atoms with E-state index in [0.717, 1.165) is 36.6 Å². The van der Waals surface area contributed by atoms with Gasteiger partial charge >= 0.3 is 5.97 Å². The number of hydrogen-bond donors (Lipinski definition) is 1. The first-order chi connectivity index (χ1) is 9.86. The molecule has 2 rings (SSSR count). The van der Waals surface area contributed by atoms with Crippen molar-refractivity contribution in [3.63, 3.8) is 0 Å². The average Bonchev–Trinajstić information content (AvgIpc) is 2.84. The number of carbonyl (C=O) groups excluding carboxylic acids is 1. The SMILES string of the molecule is COC(=O)c1cscc1NS(=O)(=O)c1c(F)cccc1F. The molecule has 0 fully saturated rings. The summed E-state index contributed by atoms with van der Waals surface area (Å²) >= 11 is 1.04. The second-order valence-corrected chi connectivity index (χ2v) is 6.21. The Hall–Kier alpha value is -2.00. The van der Waals surface area contributed by atoms with Gasteiger partial charge in [-0.15, -0.1) is 11.3 Å². The molecule has 0 saturated heterocycles. The summed E-state index contributed by atoms with van der Waals surface area (Å²) in [6, 6.07) is 2.70. The summed E-state index contributed by atoms with van der Waals surface area (Å²) < 4.78 is 57.7. The Labute approximate surface area is 123 Å². The van der Waals surface area contributed by atoms with Crippen LogP contribution in [0.4, 0.5) is 14.5 Å². The molecule has 1 aromatic carbocycles.